The lowest BCUT2D eigenvalue weighted by Gasteiger charge is -2.28. The van der Waals surface area contributed by atoms with Crippen molar-refractivity contribution in [3.05, 3.63) is 42.5 Å². The van der Waals surface area contributed by atoms with Crippen LogP contribution in [0.3, 0.4) is 0 Å². The molecule has 252 valence electrons. The topological polar surface area (TPSA) is 57.5 Å². The number of likely N-dealkylation sites (tertiary alicyclic amines) is 3. The van der Waals surface area contributed by atoms with Gasteiger partial charge in [0.25, 0.3) is 0 Å². The van der Waals surface area contributed by atoms with E-state index in [-0.39, 0.29) is 0 Å². The summed E-state index contributed by atoms with van der Waals surface area (Å²) < 4.78 is 18.4. The number of oxazole rings is 1. The van der Waals surface area contributed by atoms with Gasteiger partial charge in [-0.25, -0.2) is 4.98 Å². The molecular weight excluding hydrogens is 574 g/mol. The number of ether oxygens (including phenoxy) is 2. The van der Waals surface area contributed by atoms with Crippen molar-refractivity contribution in [3.8, 4) is 23.0 Å². The quantitative estimate of drug-likeness (QED) is 0.142. The summed E-state index contributed by atoms with van der Waals surface area (Å²) in [4.78, 5) is 15.2. The van der Waals surface area contributed by atoms with Crippen LogP contribution in [0.4, 0.5) is 0 Å². The number of fused-ring (bicyclic) bond motifs is 1. The Morgan fingerprint density at radius 1 is 0.804 bits per heavy atom. The maximum atomic E-state index is 6.16. The van der Waals surface area contributed by atoms with E-state index in [4.69, 9.17) is 18.9 Å². The van der Waals surface area contributed by atoms with Crippen molar-refractivity contribution in [1.82, 2.24) is 24.6 Å². The molecule has 8 nitrogen and oxygen atoms in total. The van der Waals surface area contributed by atoms with Gasteiger partial charge in [-0.15, -0.1) is 0 Å². The number of likely N-dealkylation sites (N-methyl/N-ethyl adjacent to an activating group) is 1. The smallest absolute Gasteiger partial charge is 0.227 e. The number of unbranched alkanes of at least 4 members (excludes halogenated alkanes) is 1. The first-order valence-corrected chi connectivity index (χ1v) is 18.3. The minimum Gasteiger partial charge on any atom is -0.494 e. The van der Waals surface area contributed by atoms with E-state index >= 15 is 0 Å². The fourth-order valence-electron chi connectivity index (χ4n) is 7.66. The van der Waals surface area contributed by atoms with Gasteiger partial charge >= 0.3 is 0 Å². The van der Waals surface area contributed by atoms with Crippen LogP contribution < -0.4 is 9.47 Å². The summed E-state index contributed by atoms with van der Waals surface area (Å²) in [5, 5.41) is 0. The van der Waals surface area contributed by atoms with E-state index in [1.165, 1.54) is 97.2 Å². The normalized spacial score (nSPS) is 21.3. The second-order valence-corrected chi connectivity index (χ2v) is 13.9. The summed E-state index contributed by atoms with van der Waals surface area (Å²) in [7, 11) is 2.27. The van der Waals surface area contributed by atoms with Gasteiger partial charge in [0.1, 0.15) is 17.0 Å². The number of hydrogen-bond acceptors (Lipinski definition) is 8. The zero-order valence-corrected chi connectivity index (χ0v) is 28.5. The summed E-state index contributed by atoms with van der Waals surface area (Å²) >= 11 is 0. The van der Waals surface area contributed by atoms with Crippen LogP contribution in [0.15, 0.2) is 46.9 Å². The van der Waals surface area contributed by atoms with E-state index in [9.17, 15) is 0 Å². The predicted octanol–water partition coefficient (Wildman–Crippen LogP) is 6.79. The highest BCUT2D eigenvalue weighted by Crippen LogP contribution is 2.29. The summed E-state index contributed by atoms with van der Waals surface area (Å²) in [5.41, 5.74) is 2.56. The van der Waals surface area contributed by atoms with Gasteiger partial charge in [-0.1, -0.05) is 13.3 Å². The zero-order chi connectivity index (χ0) is 31.6. The molecule has 0 N–H and O–H groups in total. The molecule has 0 radical (unpaired) electrons. The number of hydrogen-bond donors (Lipinski definition) is 0. The van der Waals surface area contributed by atoms with E-state index < -0.39 is 0 Å². The van der Waals surface area contributed by atoms with Gasteiger partial charge in [-0.05, 0) is 134 Å². The van der Waals surface area contributed by atoms with Crippen molar-refractivity contribution < 1.29 is 13.9 Å². The van der Waals surface area contributed by atoms with Crippen LogP contribution in [0.25, 0.3) is 22.6 Å². The molecule has 6 rings (SSSR count). The zero-order valence-electron chi connectivity index (χ0n) is 28.5. The Morgan fingerprint density at radius 2 is 1.48 bits per heavy atom. The van der Waals surface area contributed by atoms with E-state index in [1.807, 2.05) is 42.5 Å². The molecule has 2 atom stereocenters. The lowest BCUT2D eigenvalue weighted by atomic mass is 10.2. The Labute approximate surface area is 277 Å². The van der Waals surface area contributed by atoms with E-state index in [0.717, 1.165) is 66.7 Å². The third kappa shape index (κ3) is 9.24. The van der Waals surface area contributed by atoms with Crippen molar-refractivity contribution in [1.29, 1.82) is 0 Å². The highest BCUT2D eigenvalue weighted by Gasteiger charge is 2.27. The number of nitrogens with zero attached hydrogens (tertiary/aromatic N) is 5. The Hall–Kier alpha value is -2.65. The predicted molar refractivity (Wildman–Crippen MR) is 187 cm³/mol. The molecule has 3 aliphatic heterocycles. The summed E-state index contributed by atoms with van der Waals surface area (Å²) in [6.45, 7) is 14.6. The number of benzene rings is 2. The first-order valence-electron chi connectivity index (χ1n) is 18.3. The van der Waals surface area contributed by atoms with Gasteiger partial charge in [0, 0.05) is 49.9 Å². The summed E-state index contributed by atoms with van der Waals surface area (Å²) in [5.74, 6) is 2.36. The second-order valence-electron chi connectivity index (χ2n) is 13.9. The first kappa shape index (κ1) is 33.3. The molecule has 1 aromatic heterocycles. The molecule has 3 saturated heterocycles. The third-order valence-electron chi connectivity index (χ3n) is 10.3. The lowest BCUT2D eigenvalue weighted by molar-refractivity contribution is 0.178. The van der Waals surface area contributed by atoms with Crippen molar-refractivity contribution >= 4 is 11.1 Å². The van der Waals surface area contributed by atoms with Crippen LogP contribution >= 0.6 is 0 Å². The van der Waals surface area contributed by atoms with Crippen LogP contribution in [0.5, 0.6) is 11.5 Å². The molecule has 0 bridgehead atoms. The van der Waals surface area contributed by atoms with Gasteiger partial charge < -0.3 is 23.7 Å². The van der Waals surface area contributed by atoms with Gasteiger partial charge in [0.05, 0.1) is 13.2 Å². The van der Waals surface area contributed by atoms with Crippen LogP contribution in [-0.4, -0.2) is 116 Å². The Kier molecular flexibility index (Phi) is 12.3. The Morgan fingerprint density at radius 3 is 2.22 bits per heavy atom. The largest absolute Gasteiger partial charge is 0.494 e. The van der Waals surface area contributed by atoms with Crippen LogP contribution in [0.1, 0.15) is 71.1 Å². The molecule has 8 heteroatoms. The first-order chi connectivity index (χ1) is 22.6. The van der Waals surface area contributed by atoms with Gasteiger partial charge in [-0.3, -0.25) is 9.80 Å². The SMILES string of the molecule is CCCCN(C)C[C@@H]1CCCN1CCCOc1ccc2nc(-c3ccc(OCCCN4CCC[C@H]4CN4CCCC4)cc3)oc2c1. The lowest BCUT2D eigenvalue weighted by Crippen LogP contribution is -2.40. The molecule has 0 amide bonds. The molecule has 3 aliphatic rings. The van der Waals surface area contributed by atoms with E-state index in [1.54, 1.807) is 0 Å². The minimum atomic E-state index is 0.626. The summed E-state index contributed by atoms with van der Waals surface area (Å²) in [6, 6.07) is 15.5. The molecule has 3 aromatic rings. The van der Waals surface area contributed by atoms with Crippen LogP contribution in [0, 0.1) is 0 Å². The van der Waals surface area contributed by atoms with Crippen molar-refractivity contribution in [2.45, 2.75) is 83.2 Å². The molecule has 3 fully saturated rings. The average Bonchev–Trinajstić information content (AvgIpc) is 3.90. The second kappa shape index (κ2) is 17.0. The van der Waals surface area contributed by atoms with Gasteiger partial charge in [-0.2, -0.15) is 0 Å². The van der Waals surface area contributed by atoms with Crippen molar-refractivity contribution in [3.63, 3.8) is 0 Å². The molecular formula is C38H57N5O3. The Bertz CT molecular complexity index is 1320. The fraction of sp³-hybridized carbons (Fsp3) is 0.658. The highest BCUT2D eigenvalue weighted by atomic mass is 16.5. The molecule has 4 heterocycles. The number of aromatic nitrogens is 1. The van der Waals surface area contributed by atoms with E-state index in [2.05, 4.69) is 33.6 Å². The molecule has 0 saturated carbocycles. The van der Waals surface area contributed by atoms with Gasteiger partial charge in [0.15, 0.2) is 5.58 Å². The summed E-state index contributed by atoms with van der Waals surface area (Å²) in [6.07, 6.45) is 12.7. The molecule has 0 spiro atoms. The molecule has 0 aliphatic carbocycles. The minimum absolute atomic E-state index is 0.626. The third-order valence-corrected chi connectivity index (χ3v) is 10.3. The van der Waals surface area contributed by atoms with Crippen LogP contribution in [0.2, 0.25) is 0 Å². The highest BCUT2D eigenvalue weighted by molar-refractivity contribution is 5.77. The molecule has 46 heavy (non-hydrogen) atoms. The van der Waals surface area contributed by atoms with Crippen LogP contribution in [-0.2, 0) is 0 Å². The van der Waals surface area contributed by atoms with Crippen molar-refractivity contribution in [2.75, 3.05) is 79.2 Å². The maximum Gasteiger partial charge on any atom is 0.227 e. The molecule has 2 aromatic carbocycles. The van der Waals surface area contributed by atoms with E-state index in [0.29, 0.717) is 18.5 Å². The maximum absolute atomic E-state index is 6.16. The Balaban J connectivity index is 0.917. The number of rotatable bonds is 18. The standard InChI is InChI=1S/C38H57N5O3/c1-3-4-19-40(2)29-32-11-7-22-42(32)24-10-27-45-35-17-18-36-37(28-35)46-38(39-36)31-13-15-34(16-14-31)44-26-9-25-43-23-8-12-33(43)30-41-20-5-6-21-41/h13-18,28,32-33H,3-12,19-27,29-30H2,1-2H3/t32-,33-/m0/s1. The van der Waals surface area contributed by atoms with Crippen molar-refractivity contribution in [2.24, 2.45) is 0 Å². The molecule has 0 unspecified atom stereocenters. The fourth-order valence-corrected chi connectivity index (χ4v) is 7.66. The monoisotopic (exact) mass is 631 g/mol. The van der Waals surface area contributed by atoms with Gasteiger partial charge in [0.2, 0.25) is 5.89 Å². The average molecular weight is 632 g/mol.